The molecule has 1 aliphatic rings. The van der Waals surface area contributed by atoms with Crippen LogP contribution in [0.5, 0.6) is 11.5 Å². The van der Waals surface area contributed by atoms with E-state index in [4.69, 9.17) is 9.47 Å². The van der Waals surface area contributed by atoms with Crippen LogP contribution in [-0.2, 0) is 16.1 Å². The largest absolute Gasteiger partial charge is 0.497 e. The molecule has 35 heavy (non-hydrogen) atoms. The summed E-state index contributed by atoms with van der Waals surface area (Å²) < 4.78 is 10.6. The van der Waals surface area contributed by atoms with Crippen LogP contribution in [0.2, 0.25) is 0 Å². The van der Waals surface area contributed by atoms with E-state index in [-0.39, 0.29) is 18.9 Å². The van der Waals surface area contributed by atoms with Gasteiger partial charge in [0, 0.05) is 24.6 Å². The minimum absolute atomic E-state index is 0.145. The number of benzene rings is 2. The molecule has 0 unspecified atom stereocenters. The zero-order valence-electron chi connectivity index (χ0n) is 19.5. The Balaban J connectivity index is 1.55. The quantitative estimate of drug-likeness (QED) is 0.473. The number of hydrogen-bond donors (Lipinski definition) is 1. The Kier molecular flexibility index (Phi) is 7.25. The van der Waals surface area contributed by atoms with Gasteiger partial charge in [0.25, 0.3) is 5.91 Å². The SMILES string of the molecule is CCOc1ccc(NC(=O)C[C@H]2C(=O)N(c3ccc(OC)cc3)C(=O)N2Cc2cccnc2)cc1. The number of urea groups is 1. The molecule has 0 radical (unpaired) electrons. The molecule has 2 aromatic carbocycles. The van der Waals surface area contributed by atoms with Gasteiger partial charge in [-0.1, -0.05) is 6.07 Å². The van der Waals surface area contributed by atoms with Crippen molar-refractivity contribution in [2.45, 2.75) is 25.9 Å². The van der Waals surface area contributed by atoms with Gasteiger partial charge in [-0.2, -0.15) is 0 Å². The summed E-state index contributed by atoms with van der Waals surface area (Å²) in [5.74, 6) is 0.449. The fourth-order valence-electron chi connectivity index (χ4n) is 3.86. The van der Waals surface area contributed by atoms with Crippen molar-refractivity contribution in [2.24, 2.45) is 0 Å². The second-order valence-corrected chi connectivity index (χ2v) is 7.87. The minimum atomic E-state index is -0.965. The zero-order chi connectivity index (χ0) is 24.8. The Bertz CT molecular complexity index is 1180. The maximum Gasteiger partial charge on any atom is 0.332 e. The summed E-state index contributed by atoms with van der Waals surface area (Å²) in [6.45, 7) is 2.58. The Hall–Kier alpha value is -4.40. The zero-order valence-corrected chi connectivity index (χ0v) is 19.5. The number of nitrogens with zero attached hydrogens (tertiary/aromatic N) is 3. The first kappa shape index (κ1) is 23.7. The second-order valence-electron chi connectivity index (χ2n) is 7.87. The number of aromatic nitrogens is 1. The van der Waals surface area contributed by atoms with Gasteiger partial charge in [-0.05, 0) is 67.1 Å². The van der Waals surface area contributed by atoms with Crippen molar-refractivity contribution in [3.05, 3.63) is 78.6 Å². The summed E-state index contributed by atoms with van der Waals surface area (Å²) in [5.41, 5.74) is 1.73. The standard InChI is InChI=1S/C26H26N4O5/c1-3-35-22-10-6-19(7-11-22)28-24(31)15-23-25(32)30(20-8-12-21(34-2)13-9-20)26(33)29(23)17-18-5-4-14-27-16-18/h4-14,16,23H,3,15,17H2,1-2H3,(H,28,31)/t23-/m0/s1. The molecule has 4 amide bonds. The van der Waals surface area contributed by atoms with E-state index in [2.05, 4.69) is 10.3 Å². The van der Waals surface area contributed by atoms with Crippen LogP contribution in [0, 0.1) is 0 Å². The highest BCUT2D eigenvalue weighted by atomic mass is 16.5. The normalized spacial score (nSPS) is 15.3. The predicted molar refractivity (Wildman–Crippen MR) is 130 cm³/mol. The third kappa shape index (κ3) is 5.40. The van der Waals surface area contributed by atoms with Gasteiger partial charge in [0.2, 0.25) is 5.91 Å². The average Bonchev–Trinajstić information content (AvgIpc) is 3.10. The lowest BCUT2D eigenvalue weighted by atomic mass is 10.1. The smallest absolute Gasteiger partial charge is 0.332 e. The van der Waals surface area contributed by atoms with Crippen LogP contribution in [-0.4, -0.2) is 47.5 Å². The summed E-state index contributed by atoms with van der Waals surface area (Å²) in [6.07, 6.45) is 3.07. The highest BCUT2D eigenvalue weighted by molar-refractivity contribution is 6.22. The van der Waals surface area contributed by atoms with Gasteiger partial charge in [0.15, 0.2) is 0 Å². The second kappa shape index (κ2) is 10.7. The molecule has 1 aliphatic heterocycles. The van der Waals surface area contributed by atoms with E-state index in [1.165, 1.54) is 12.0 Å². The van der Waals surface area contributed by atoms with Crippen molar-refractivity contribution in [3.8, 4) is 11.5 Å². The number of amides is 4. The molecule has 0 aliphatic carbocycles. The fraction of sp³-hybridized carbons (Fsp3) is 0.231. The van der Waals surface area contributed by atoms with E-state index in [0.29, 0.717) is 29.5 Å². The molecule has 0 saturated carbocycles. The van der Waals surface area contributed by atoms with Gasteiger partial charge in [-0.25, -0.2) is 9.69 Å². The predicted octanol–water partition coefficient (Wildman–Crippen LogP) is 3.86. The molecule has 2 heterocycles. The lowest BCUT2D eigenvalue weighted by Gasteiger charge is -2.21. The van der Waals surface area contributed by atoms with E-state index >= 15 is 0 Å². The summed E-state index contributed by atoms with van der Waals surface area (Å²) in [4.78, 5) is 46.2. The first-order valence-electron chi connectivity index (χ1n) is 11.2. The van der Waals surface area contributed by atoms with Gasteiger partial charge in [0.05, 0.1) is 25.8 Å². The van der Waals surface area contributed by atoms with Crippen molar-refractivity contribution in [2.75, 3.05) is 23.9 Å². The number of pyridine rings is 1. The van der Waals surface area contributed by atoms with Crippen LogP contribution < -0.4 is 19.7 Å². The lowest BCUT2D eigenvalue weighted by Crippen LogP contribution is -2.37. The monoisotopic (exact) mass is 474 g/mol. The van der Waals surface area contributed by atoms with E-state index < -0.39 is 18.0 Å². The molecule has 9 heteroatoms. The summed E-state index contributed by atoms with van der Waals surface area (Å²) >= 11 is 0. The first-order chi connectivity index (χ1) is 17.0. The van der Waals surface area contributed by atoms with E-state index in [1.54, 1.807) is 67.0 Å². The molecule has 1 atom stereocenters. The minimum Gasteiger partial charge on any atom is -0.497 e. The van der Waals surface area contributed by atoms with Crippen LogP contribution in [0.25, 0.3) is 0 Å². The highest BCUT2D eigenvalue weighted by Gasteiger charge is 2.46. The molecule has 180 valence electrons. The first-order valence-corrected chi connectivity index (χ1v) is 11.2. The molecule has 4 rings (SSSR count). The molecular formula is C26H26N4O5. The molecule has 0 bridgehead atoms. The number of hydrogen-bond acceptors (Lipinski definition) is 6. The van der Waals surface area contributed by atoms with Gasteiger partial charge >= 0.3 is 6.03 Å². The van der Waals surface area contributed by atoms with E-state index in [0.717, 1.165) is 10.5 Å². The maximum atomic E-state index is 13.4. The number of ether oxygens (including phenoxy) is 2. The molecule has 1 saturated heterocycles. The van der Waals surface area contributed by atoms with Crippen LogP contribution in [0.1, 0.15) is 18.9 Å². The van der Waals surface area contributed by atoms with Gasteiger partial charge < -0.3 is 19.7 Å². The van der Waals surface area contributed by atoms with Crippen molar-refractivity contribution < 1.29 is 23.9 Å². The Morgan fingerprint density at radius 1 is 1.03 bits per heavy atom. The highest BCUT2D eigenvalue weighted by Crippen LogP contribution is 2.30. The van der Waals surface area contributed by atoms with Crippen LogP contribution in [0.15, 0.2) is 73.1 Å². The molecule has 1 fully saturated rings. The Labute approximate surface area is 203 Å². The molecular weight excluding hydrogens is 448 g/mol. The molecule has 1 N–H and O–H groups in total. The molecule has 9 nitrogen and oxygen atoms in total. The topological polar surface area (TPSA) is 101 Å². The third-order valence-electron chi connectivity index (χ3n) is 5.55. The maximum absolute atomic E-state index is 13.4. The van der Waals surface area contributed by atoms with Crippen molar-refractivity contribution in [3.63, 3.8) is 0 Å². The lowest BCUT2D eigenvalue weighted by molar-refractivity contribution is -0.124. The summed E-state index contributed by atoms with van der Waals surface area (Å²) in [7, 11) is 1.54. The number of anilines is 2. The number of methoxy groups -OCH3 is 1. The summed E-state index contributed by atoms with van der Waals surface area (Å²) in [6, 6.07) is 15.7. The number of carbonyl (C=O) groups is 3. The molecule has 3 aromatic rings. The third-order valence-corrected chi connectivity index (χ3v) is 5.55. The molecule has 0 spiro atoms. The van der Waals surface area contributed by atoms with Gasteiger partial charge in [-0.15, -0.1) is 0 Å². The van der Waals surface area contributed by atoms with Crippen molar-refractivity contribution >= 4 is 29.2 Å². The van der Waals surface area contributed by atoms with Crippen molar-refractivity contribution in [1.82, 2.24) is 9.88 Å². The summed E-state index contributed by atoms with van der Waals surface area (Å²) in [5, 5.41) is 2.80. The number of nitrogens with one attached hydrogen (secondary N) is 1. The van der Waals surface area contributed by atoms with Crippen molar-refractivity contribution in [1.29, 1.82) is 0 Å². The Morgan fingerprint density at radius 3 is 2.37 bits per heavy atom. The van der Waals surface area contributed by atoms with E-state index in [9.17, 15) is 14.4 Å². The molecule has 1 aromatic heterocycles. The van der Waals surface area contributed by atoms with E-state index in [1.807, 2.05) is 13.0 Å². The Morgan fingerprint density at radius 2 is 1.74 bits per heavy atom. The average molecular weight is 475 g/mol. The number of imide groups is 1. The van der Waals surface area contributed by atoms with Crippen LogP contribution in [0.4, 0.5) is 16.2 Å². The van der Waals surface area contributed by atoms with Gasteiger partial charge in [0.1, 0.15) is 17.5 Å². The fourth-order valence-corrected chi connectivity index (χ4v) is 3.86. The van der Waals surface area contributed by atoms with Gasteiger partial charge in [-0.3, -0.25) is 14.6 Å². The number of rotatable bonds is 9. The number of carbonyl (C=O) groups excluding carboxylic acids is 3. The van der Waals surface area contributed by atoms with Crippen LogP contribution >= 0.6 is 0 Å². The van der Waals surface area contributed by atoms with Crippen LogP contribution in [0.3, 0.4) is 0 Å².